The van der Waals surface area contributed by atoms with Gasteiger partial charge in [-0.05, 0) is 69.5 Å². The summed E-state index contributed by atoms with van der Waals surface area (Å²) in [4.78, 5) is 24.6. The fourth-order valence-corrected chi connectivity index (χ4v) is 3.17. The van der Waals surface area contributed by atoms with Crippen molar-refractivity contribution in [3.63, 3.8) is 0 Å². The lowest BCUT2D eigenvalue weighted by Gasteiger charge is -2.21. The second kappa shape index (κ2) is 13.9. The number of ether oxygens (including phenoxy) is 2. The van der Waals surface area contributed by atoms with Crippen molar-refractivity contribution >= 4 is 19.5 Å². The van der Waals surface area contributed by atoms with E-state index in [4.69, 9.17) is 18.5 Å². The highest BCUT2D eigenvalue weighted by molar-refractivity contribution is 7.54. The molecule has 8 nitrogen and oxygen atoms in total. The van der Waals surface area contributed by atoms with E-state index >= 15 is 0 Å². The Kier molecular flexibility index (Phi) is 14.4. The SMILES string of the molecule is CCOP(=O)(CC(=O)OC(C)(C)C)OCC.CN(C)C/C=C/C(=O)OC(C)(C)C. The summed E-state index contributed by atoms with van der Waals surface area (Å²) in [6.45, 7) is 15.4. The lowest BCUT2D eigenvalue weighted by molar-refractivity contribution is -0.152. The largest absolute Gasteiger partial charge is 0.459 e. The molecule has 0 bridgehead atoms. The van der Waals surface area contributed by atoms with Gasteiger partial charge in [0.1, 0.15) is 17.4 Å². The maximum atomic E-state index is 12.0. The van der Waals surface area contributed by atoms with Gasteiger partial charge in [0.2, 0.25) is 0 Å². The first kappa shape index (κ1) is 30.0. The Labute approximate surface area is 176 Å². The van der Waals surface area contributed by atoms with Crippen LogP contribution in [0.3, 0.4) is 0 Å². The van der Waals surface area contributed by atoms with Crippen molar-refractivity contribution < 1.29 is 32.7 Å². The molecule has 172 valence electrons. The van der Waals surface area contributed by atoms with E-state index < -0.39 is 24.8 Å². The quantitative estimate of drug-likeness (QED) is 0.303. The highest BCUT2D eigenvalue weighted by atomic mass is 31.2. The first-order valence-electron chi connectivity index (χ1n) is 9.67. The third kappa shape index (κ3) is 21.3. The van der Waals surface area contributed by atoms with Gasteiger partial charge in [-0.25, -0.2) is 4.79 Å². The molecular formula is C20H40NO7P. The minimum atomic E-state index is -3.34. The molecule has 0 atom stereocenters. The van der Waals surface area contributed by atoms with Crippen LogP contribution in [0.2, 0.25) is 0 Å². The summed E-state index contributed by atoms with van der Waals surface area (Å²) < 4.78 is 32.1. The molecule has 0 fully saturated rings. The molecule has 0 aromatic rings. The number of likely N-dealkylation sites (N-methyl/N-ethyl adjacent to an activating group) is 1. The van der Waals surface area contributed by atoms with Gasteiger partial charge in [0.05, 0.1) is 13.2 Å². The third-order valence-corrected chi connectivity index (χ3v) is 4.47. The molecule has 0 spiro atoms. The molecule has 0 saturated carbocycles. The maximum absolute atomic E-state index is 12.0. The standard InChI is InChI=1S/C10H19NO2.C10H21O5P/c1-10(2,3)13-9(12)7-6-8-11(4)5;1-6-13-16(12,14-7-2)8-9(11)15-10(3,4)5/h6-7H,8H2,1-5H3;6-8H2,1-5H3/b7-6+;. The molecule has 0 aromatic heterocycles. The van der Waals surface area contributed by atoms with Crippen molar-refractivity contribution in [3.8, 4) is 0 Å². The first-order valence-corrected chi connectivity index (χ1v) is 11.4. The fourth-order valence-electron chi connectivity index (χ4n) is 1.75. The van der Waals surface area contributed by atoms with Crippen LogP contribution in [-0.2, 0) is 32.7 Å². The minimum Gasteiger partial charge on any atom is -0.459 e. The Balaban J connectivity index is 0. The van der Waals surface area contributed by atoms with Gasteiger partial charge in [-0.15, -0.1) is 0 Å². The average Bonchev–Trinajstić information content (AvgIpc) is 2.43. The van der Waals surface area contributed by atoms with E-state index in [1.165, 1.54) is 6.08 Å². The van der Waals surface area contributed by atoms with Gasteiger partial charge < -0.3 is 23.4 Å². The number of rotatable bonds is 9. The molecule has 0 aliphatic heterocycles. The van der Waals surface area contributed by atoms with Crippen LogP contribution in [-0.4, -0.2) is 68.1 Å². The lowest BCUT2D eigenvalue weighted by Crippen LogP contribution is -2.26. The van der Waals surface area contributed by atoms with Crippen LogP contribution in [0.1, 0.15) is 55.4 Å². The van der Waals surface area contributed by atoms with Crippen molar-refractivity contribution in [2.75, 3.05) is 40.0 Å². The molecule has 29 heavy (non-hydrogen) atoms. The van der Waals surface area contributed by atoms with Gasteiger partial charge in [-0.2, -0.15) is 0 Å². The van der Waals surface area contributed by atoms with E-state index in [1.807, 2.05) is 39.8 Å². The topological polar surface area (TPSA) is 91.4 Å². The van der Waals surface area contributed by atoms with Crippen LogP contribution in [0.25, 0.3) is 0 Å². The van der Waals surface area contributed by atoms with Crippen LogP contribution < -0.4 is 0 Å². The summed E-state index contributed by atoms with van der Waals surface area (Å²) >= 11 is 0. The van der Waals surface area contributed by atoms with Crippen molar-refractivity contribution in [2.24, 2.45) is 0 Å². The summed E-state index contributed by atoms with van der Waals surface area (Å²) in [7, 11) is 0.552. The van der Waals surface area contributed by atoms with Crippen molar-refractivity contribution in [3.05, 3.63) is 12.2 Å². The molecule has 9 heteroatoms. The van der Waals surface area contributed by atoms with E-state index in [1.54, 1.807) is 40.7 Å². The molecule has 0 aromatic carbocycles. The predicted octanol–water partition coefficient (Wildman–Crippen LogP) is 4.04. The second-order valence-corrected chi connectivity index (χ2v) is 10.4. The second-order valence-electron chi connectivity index (χ2n) is 8.39. The van der Waals surface area contributed by atoms with E-state index in [-0.39, 0.29) is 25.3 Å². The van der Waals surface area contributed by atoms with E-state index in [0.29, 0.717) is 0 Å². The molecule has 0 rings (SSSR count). The van der Waals surface area contributed by atoms with Gasteiger partial charge in [0.15, 0.2) is 0 Å². The molecule has 0 aliphatic carbocycles. The zero-order chi connectivity index (χ0) is 23.3. The molecule has 0 radical (unpaired) electrons. The number of hydrogen-bond acceptors (Lipinski definition) is 8. The van der Waals surface area contributed by atoms with Crippen LogP contribution in [0.5, 0.6) is 0 Å². The van der Waals surface area contributed by atoms with Crippen LogP contribution in [0.4, 0.5) is 0 Å². The summed E-state index contributed by atoms with van der Waals surface area (Å²) in [5.41, 5.74) is -1.00. The third-order valence-electron chi connectivity index (χ3n) is 2.53. The zero-order valence-corrected chi connectivity index (χ0v) is 20.6. The van der Waals surface area contributed by atoms with E-state index in [0.717, 1.165) is 6.54 Å². The van der Waals surface area contributed by atoms with Gasteiger partial charge in [-0.3, -0.25) is 9.36 Å². The summed E-state index contributed by atoms with van der Waals surface area (Å²) in [6.07, 6.45) is 2.91. The summed E-state index contributed by atoms with van der Waals surface area (Å²) in [6, 6.07) is 0. The van der Waals surface area contributed by atoms with Gasteiger partial charge in [0.25, 0.3) is 0 Å². The monoisotopic (exact) mass is 437 g/mol. The Bertz CT molecular complexity index is 550. The number of esters is 2. The highest BCUT2D eigenvalue weighted by Gasteiger charge is 2.30. The Morgan fingerprint density at radius 3 is 1.69 bits per heavy atom. The number of hydrogen-bond donors (Lipinski definition) is 0. The maximum Gasteiger partial charge on any atom is 0.341 e. The normalized spacial score (nSPS) is 12.5. The number of nitrogens with zero attached hydrogens (tertiary/aromatic N) is 1. The summed E-state index contributed by atoms with van der Waals surface area (Å²) in [5, 5.41) is 0. The van der Waals surface area contributed by atoms with Crippen LogP contribution in [0, 0.1) is 0 Å². The lowest BCUT2D eigenvalue weighted by atomic mass is 10.2. The van der Waals surface area contributed by atoms with Crippen molar-refractivity contribution in [2.45, 2.75) is 66.6 Å². The molecule has 0 unspecified atom stereocenters. The predicted molar refractivity (Wildman–Crippen MR) is 115 cm³/mol. The van der Waals surface area contributed by atoms with E-state index in [2.05, 4.69) is 0 Å². The van der Waals surface area contributed by atoms with Crippen molar-refractivity contribution in [1.82, 2.24) is 4.90 Å². The van der Waals surface area contributed by atoms with Gasteiger partial charge in [0, 0.05) is 12.6 Å². The molecule has 0 heterocycles. The smallest absolute Gasteiger partial charge is 0.341 e. The molecule has 0 amide bonds. The van der Waals surface area contributed by atoms with Gasteiger partial charge >= 0.3 is 19.5 Å². The minimum absolute atomic E-state index is 0.236. The van der Waals surface area contributed by atoms with Crippen LogP contribution >= 0.6 is 7.60 Å². The zero-order valence-electron chi connectivity index (χ0n) is 19.7. The number of carbonyl (C=O) groups excluding carboxylic acids is 2. The Hall–Kier alpha value is -1.21. The van der Waals surface area contributed by atoms with Crippen molar-refractivity contribution in [1.29, 1.82) is 0 Å². The Morgan fingerprint density at radius 1 is 0.897 bits per heavy atom. The Morgan fingerprint density at radius 2 is 1.34 bits per heavy atom. The average molecular weight is 438 g/mol. The first-order chi connectivity index (χ1) is 13.0. The van der Waals surface area contributed by atoms with Crippen LogP contribution in [0.15, 0.2) is 12.2 Å². The molecular weight excluding hydrogens is 397 g/mol. The fraction of sp³-hybridized carbons (Fsp3) is 0.800. The summed E-state index contributed by atoms with van der Waals surface area (Å²) in [5.74, 6) is -0.855. The van der Waals surface area contributed by atoms with E-state index in [9.17, 15) is 14.2 Å². The highest BCUT2D eigenvalue weighted by Crippen LogP contribution is 2.47. The molecule has 0 aliphatic rings. The molecule has 0 saturated heterocycles. The molecule has 0 N–H and O–H groups in total. The van der Waals surface area contributed by atoms with Gasteiger partial charge in [-0.1, -0.05) is 6.08 Å². The number of carbonyl (C=O) groups is 2.